The van der Waals surface area contributed by atoms with Crippen LogP contribution in [0.2, 0.25) is 0 Å². The van der Waals surface area contributed by atoms with Crippen LogP contribution in [0.25, 0.3) is 0 Å². The van der Waals surface area contributed by atoms with Crippen molar-refractivity contribution >= 4 is 5.91 Å². The molecule has 0 radical (unpaired) electrons. The number of carbonyl (C=O) groups is 1. The second-order valence-corrected chi connectivity index (χ2v) is 6.28. The highest BCUT2D eigenvalue weighted by Gasteiger charge is 2.14. The molecule has 0 fully saturated rings. The predicted octanol–water partition coefficient (Wildman–Crippen LogP) is 4.77. The van der Waals surface area contributed by atoms with Gasteiger partial charge in [-0.05, 0) is 36.2 Å². The van der Waals surface area contributed by atoms with Crippen molar-refractivity contribution in [3.63, 3.8) is 0 Å². The number of hydrogen-bond acceptors (Lipinski definition) is 1. The molecular formula is C21H27FN2O. The van der Waals surface area contributed by atoms with E-state index in [0.29, 0.717) is 26.1 Å². The van der Waals surface area contributed by atoms with E-state index < -0.39 is 0 Å². The van der Waals surface area contributed by atoms with Gasteiger partial charge in [0.1, 0.15) is 5.82 Å². The molecule has 0 saturated carbocycles. The molecule has 1 heterocycles. The van der Waals surface area contributed by atoms with E-state index in [1.54, 1.807) is 18.2 Å². The number of benzene rings is 1. The third kappa shape index (κ3) is 5.89. The van der Waals surface area contributed by atoms with Crippen LogP contribution in [0.4, 0.5) is 4.39 Å². The highest BCUT2D eigenvalue weighted by Crippen LogP contribution is 2.13. The first-order valence-electron chi connectivity index (χ1n) is 8.91. The van der Waals surface area contributed by atoms with E-state index in [1.165, 1.54) is 6.07 Å². The van der Waals surface area contributed by atoms with Crippen molar-refractivity contribution in [1.29, 1.82) is 0 Å². The lowest BCUT2D eigenvalue weighted by Crippen LogP contribution is -2.31. The molecule has 0 aliphatic carbocycles. The lowest BCUT2D eigenvalue weighted by Gasteiger charge is -2.22. The van der Waals surface area contributed by atoms with Crippen molar-refractivity contribution in [3.8, 4) is 0 Å². The maximum atomic E-state index is 13.4. The molecule has 3 nitrogen and oxygen atoms in total. The summed E-state index contributed by atoms with van der Waals surface area (Å²) in [6, 6.07) is 10.6. The van der Waals surface area contributed by atoms with Crippen LogP contribution in [-0.2, 0) is 17.9 Å². The molecule has 2 rings (SSSR count). The number of aromatic nitrogens is 1. The summed E-state index contributed by atoms with van der Waals surface area (Å²) < 4.78 is 15.4. The topological polar surface area (TPSA) is 25.2 Å². The maximum absolute atomic E-state index is 13.4. The number of hydrogen-bond donors (Lipinski definition) is 0. The van der Waals surface area contributed by atoms with Gasteiger partial charge in [0.05, 0.1) is 6.54 Å². The van der Waals surface area contributed by atoms with Crippen molar-refractivity contribution in [1.82, 2.24) is 9.47 Å². The molecule has 0 atom stereocenters. The standard InChI is InChI=1S/C21H27FN2O/c1-3-5-6-12-21(25)24(13-4-2)17-20-11-8-14-23(20)16-18-9-7-10-19(22)15-18/h4,7-11,14-15H,2-3,5-6,12-13,16-17H2,1H3. The minimum Gasteiger partial charge on any atom is -0.345 e. The largest absolute Gasteiger partial charge is 0.345 e. The maximum Gasteiger partial charge on any atom is 0.223 e. The summed E-state index contributed by atoms with van der Waals surface area (Å²) in [7, 11) is 0. The monoisotopic (exact) mass is 342 g/mol. The summed E-state index contributed by atoms with van der Waals surface area (Å²) >= 11 is 0. The van der Waals surface area contributed by atoms with Crippen molar-refractivity contribution in [2.24, 2.45) is 0 Å². The molecule has 0 bridgehead atoms. The second kappa shape index (κ2) is 9.82. The van der Waals surface area contributed by atoms with Crippen molar-refractivity contribution in [2.45, 2.75) is 45.7 Å². The fourth-order valence-electron chi connectivity index (χ4n) is 2.87. The first-order valence-corrected chi connectivity index (χ1v) is 8.91. The van der Waals surface area contributed by atoms with Crippen LogP contribution in [0.1, 0.15) is 43.9 Å². The van der Waals surface area contributed by atoms with Crippen LogP contribution in [0.5, 0.6) is 0 Å². The zero-order valence-electron chi connectivity index (χ0n) is 15.0. The molecular weight excluding hydrogens is 315 g/mol. The molecule has 2 aromatic rings. The molecule has 4 heteroatoms. The van der Waals surface area contributed by atoms with Gasteiger partial charge in [0.15, 0.2) is 0 Å². The summed E-state index contributed by atoms with van der Waals surface area (Å²) in [4.78, 5) is 14.3. The number of unbranched alkanes of at least 4 members (excludes halogenated alkanes) is 2. The fraction of sp³-hybridized carbons (Fsp3) is 0.381. The van der Waals surface area contributed by atoms with Crippen molar-refractivity contribution < 1.29 is 9.18 Å². The van der Waals surface area contributed by atoms with E-state index >= 15 is 0 Å². The van der Waals surface area contributed by atoms with Gasteiger partial charge in [-0.3, -0.25) is 4.79 Å². The molecule has 134 valence electrons. The van der Waals surface area contributed by atoms with Gasteiger partial charge < -0.3 is 9.47 Å². The van der Waals surface area contributed by atoms with E-state index in [4.69, 9.17) is 0 Å². The first-order chi connectivity index (χ1) is 12.1. The molecule has 25 heavy (non-hydrogen) atoms. The molecule has 1 amide bonds. The number of nitrogens with zero attached hydrogens (tertiary/aromatic N) is 2. The van der Waals surface area contributed by atoms with Crippen molar-refractivity contribution in [3.05, 3.63) is 72.3 Å². The van der Waals surface area contributed by atoms with Gasteiger partial charge in [0.2, 0.25) is 5.91 Å². The average Bonchev–Trinajstić information content (AvgIpc) is 3.01. The van der Waals surface area contributed by atoms with Crippen LogP contribution in [0.15, 0.2) is 55.3 Å². The Morgan fingerprint density at radius 2 is 2.12 bits per heavy atom. The normalized spacial score (nSPS) is 10.6. The lowest BCUT2D eigenvalue weighted by atomic mass is 10.2. The average molecular weight is 342 g/mol. The van der Waals surface area contributed by atoms with Crippen LogP contribution in [-0.4, -0.2) is 21.9 Å². The number of amides is 1. The lowest BCUT2D eigenvalue weighted by molar-refractivity contribution is -0.131. The van der Waals surface area contributed by atoms with Gasteiger partial charge in [-0.2, -0.15) is 0 Å². The Kier molecular flexibility index (Phi) is 7.45. The Labute approximate surface area is 149 Å². The minimum absolute atomic E-state index is 0.159. The third-order valence-electron chi connectivity index (χ3n) is 4.21. The molecule has 0 aliphatic heterocycles. The quantitative estimate of drug-likeness (QED) is 0.451. The summed E-state index contributed by atoms with van der Waals surface area (Å²) in [5.74, 6) is -0.0718. The Morgan fingerprint density at radius 3 is 2.84 bits per heavy atom. The molecule has 0 N–H and O–H groups in total. The predicted molar refractivity (Wildman–Crippen MR) is 99.7 cm³/mol. The second-order valence-electron chi connectivity index (χ2n) is 6.28. The Bertz CT molecular complexity index is 693. The summed E-state index contributed by atoms with van der Waals surface area (Å²) in [5.41, 5.74) is 1.94. The van der Waals surface area contributed by atoms with Crippen LogP contribution >= 0.6 is 0 Å². The molecule has 0 saturated heterocycles. The van der Waals surface area contributed by atoms with Gasteiger partial charge in [-0.15, -0.1) is 6.58 Å². The number of halogens is 1. The summed E-state index contributed by atoms with van der Waals surface area (Å²) in [5, 5.41) is 0. The number of carbonyl (C=O) groups excluding carboxylic acids is 1. The van der Waals surface area contributed by atoms with Gasteiger partial charge >= 0.3 is 0 Å². The van der Waals surface area contributed by atoms with E-state index in [2.05, 4.69) is 18.1 Å². The summed E-state index contributed by atoms with van der Waals surface area (Å²) in [6.45, 7) is 7.56. The highest BCUT2D eigenvalue weighted by atomic mass is 19.1. The number of rotatable bonds is 10. The van der Waals surface area contributed by atoms with Gasteiger partial charge in [0, 0.05) is 31.4 Å². The third-order valence-corrected chi connectivity index (χ3v) is 4.21. The molecule has 1 aromatic heterocycles. The zero-order valence-corrected chi connectivity index (χ0v) is 15.0. The fourth-order valence-corrected chi connectivity index (χ4v) is 2.87. The first kappa shape index (κ1) is 19.0. The van der Waals surface area contributed by atoms with E-state index in [-0.39, 0.29) is 11.7 Å². The smallest absolute Gasteiger partial charge is 0.223 e. The Balaban J connectivity index is 2.05. The SMILES string of the molecule is C=CCN(Cc1cccn1Cc1cccc(F)c1)C(=O)CCCCC. The Morgan fingerprint density at radius 1 is 1.28 bits per heavy atom. The van der Waals surface area contributed by atoms with Crippen LogP contribution < -0.4 is 0 Å². The summed E-state index contributed by atoms with van der Waals surface area (Å²) in [6.07, 6.45) is 7.40. The van der Waals surface area contributed by atoms with E-state index in [9.17, 15) is 9.18 Å². The van der Waals surface area contributed by atoms with Crippen LogP contribution in [0, 0.1) is 5.82 Å². The molecule has 0 spiro atoms. The van der Waals surface area contributed by atoms with Gasteiger partial charge in [-0.25, -0.2) is 4.39 Å². The zero-order chi connectivity index (χ0) is 18.1. The highest BCUT2D eigenvalue weighted by molar-refractivity contribution is 5.76. The molecule has 0 unspecified atom stereocenters. The van der Waals surface area contributed by atoms with Gasteiger partial charge in [-0.1, -0.05) is 38.0 Å². The van der Waals surface area contributed by atoms with E-state index in [0.717, 1.165) is 30.5 Å². The Hall–Kier alpha value is -2.36. The van der Waals surface area contributed by atoms with Crippen molar-refractivity contribution in [2.75, 3.05) is 6.54 Å². The molecule has 1 aromatic carbocycles. The van der Waals surface area contributed by atoms with Gasteiger partial charge in [0.25, 0.3) is 0 Å². The molecule has 0 aliphatic rings. The van der Waals surface area contributed by atoms with Crippen LogP contribution in [0.3, 0.4) is 0 Å². The van der Waals surface area contributed by atoms with E-state index in [1.807, 2.05) is 29.3 Å². The minimum atomic E-state index is -0.231.